The summed E-state index contributed by atoms with van der Waals surface area (Å²) in [6.07, 6.45) is 6.66. The number of hydrogen-bond donors (Lipinski definition) is 0. The third-order valence-electron chi connectivity index (χ3n) is 6.94. The molecule has 0 N–H and O–H groups in total. The summed E-state index contributed by atoms with van der Waals surface area (Å²) in [5.74, 6) is -0.511. The minimum absolute atomic E-state index is 0.140. The van der Waals surface area contributed by atoms with Crippen molar-refractivity contribution in [2.24, 2.45) is 0 Å². The summed E-state index contributed by atoms with van der Waals surface area (Å²) < 4.78 is 0. The Labute approximate surface area is 227 Å². The van der Waals surface area contributed by atoms with Crippen LogP contribution in [0.4, 0.5) is 11.4 Å². The monoisotopic (exact) mass is 576 g/mol. The summed E-state index contributed by atoms with van der Waals surface area (Å²) in [7, 11) is 0. The second-order valence-electron chi connectivity index (χ2n) is 9.05. The van der Waals surface area contributed by atoms with Gasteiger partial charge in [0.1, 0.15) is 0 Å². The molecule has 0 aliphatic heterocycles. The number of hydrogen-bond acceptors (Lipinski definition) is 5. The molecule has 4 rings (SSSR count). The second kappa shape index (κ2) is 11.4. The van der Waals surface area contributed by atoms with Crippen molar-refractivity contribution in [1.29, 1.82) is 0 Å². The molecule has 0 amide bonds. The Morgan fingerprint density at radius 3 is 1.40 bits per heavy atom. The second-order valence-corrected chi connectivity index (χ2v) is 12.1. The summed E-state index contributed by atoms with van der Waals surface area (Å²) in [4.78, 5) is 24.2. The van der Waals surface area contributed by atoms with E-state index in [4.69, 9.17) is 46.4 Å². The normalized spacial score (nSPS) is 24.8. The van der Waals surface area contributed by atoms with Crippen LogP contribution >= 0.6 is 58.2 Å². The SMILES string of the molecule is O=[N+]([O-])c1c(Sc2ccc(Cl)c(C3CCCCC3Cl)c2[N+](=O)[O-])ccc(Cl)c1C1CCCCC1Cl. The van der Waals surface area contributed by atoms with Gasteiger partial charge in [-0.05, 0) is 49.9 Å². The van der Waals surface area contributed by atoms with Crippen molar-refractivity contribution in [3.63, 3.8) is 0 Å². The molecule has 2 aromatic carbocycles. The summed E-state index contributed by atoms with van der Waals surface area (Å²) in [5.41, 5.74) is 0.537. The average molecular weight is 578 g/mol. The number of benzene rings is 2. The van der Waals surface area contributed by atoms with Gasteiger partial charge in [0.25, 0.3) is 11.4 Å². The topological polar surface area (TPSA) is 86.3 Å². The highest BCUT2D eigenvalue weighted by Crippen LogP contribution is 2.51. The largest absolute Gasteiger partial charge is 0.288 e. The highest BCUT2D eigenvalue weighted by molar-refractivity contribution is 7.99. The third-order valence-corrected chi connectivity index (χ3v) is 9.75. The van der Waals surface area contributed by atoms with Gasteiger partial charge in [0.15, 0.2) is 0 Å². The minimum Gasteiger partial charge on any atom is -0.258 e. The molecule has 35 heavy (non-hydrogen) atoms. The third kappa shape index (κ3) is 5.54. The molecule has 2 aromatic rings. The van der Waals surface area contributed by atoms with E-state index >= 15 is 0 Å². The molecule has 2 fully saturated rings. The van der Waals surface area contributed by atoms with Crippen molar-refractivity contribution in [3.05, 3.63) is 65.7 Å². The Morgan fingerprint density at radius 2 is 1.06 bits per heavy atom. The average Bonchev–Trinajstić information content (AvgIpc) is 2.81. The number of nitrogens with zero attached hydrogens (tertiary/aromatic N) is 2. The number of halogens is 4. The van der Waals surface area contributed by atoms with Crippen LogP contribution in [0.5, 0.6) is 0 Å². The Hall–Kier alpha value is -1.25. The first kappa shape index (κ1) is 26.8. The molecule has 0 aromatic heterocycles. The standard InChI is InChI=1S/C24H24Cl4N2O4S/c25-15-7-3-1-5-13(15)21-17(27)9-11-19(23(21)29(31)32)35-20-12-10-18(28)22(24(20)30(33)34)14-6-2-4-8-16(14)26/h9-16H,1-8H2. The van der Waals surface area contributed by atoms with Crippen molar-refractivity contribution in [1.82, 2.24) is 0 Å². The number of nitro benzene ring substituents is 2. The molecule has 2 saturated carbocycles. The Morgan fingerprint density at radius 1 is 0.686 bits per heavy atom. The predicted octanol–water partition coefficient (Wildman–Crippen LogP) is 9.49. The van der Waals surface area contributed by atoms with E-state index in [-0.39, 0.29) is 53.8 Å². The summed E-state index contributed by atoms with van der Waals surface area (Å²) in [6.45, 7) is 0. The lowest BCUT2D eigenvalue weighted by molar-refractivity contribution is -0.389. The molecular weight excluding hydrogens is 554 g/mol. The minimum atomic E-state index is -0.458. The van der Waals surface area contributed by atoms with Crippen molar-refractivity contribution in [2.45, 2.75) is 83.7 Å². The van der Waals surface area contributed by atoms with Crippen LogP contribution in [0.1, 0.15) is 74.3 Å². The smallest absolute Gasteiger partial charge is 0.258 e. The van der Waals surface area contributed by atoms with Crippen molar-refractivity contribution in [3.8, 4) is 0 Å². The first-order valence-electron chi connectivity index (χ1n) is 11.6. The Kier molecular flexibility index (Phi) is 8.75. The van der Waals surface area contributed by atoms with E-state index in [1.54, 1.807) is 24.3 Å². The Balaban J connectivity index is 1.83. The number of nitro groups is 2. The van der Waals surface area contributed by atoms with Gasteiger partial charge in [0, 0.05) is 22.6 Å². The molecule has 0 spiro atoms. The van der Waals surface area contributed by atoms with Gasteiger partial charge in [0.2, 0.25) is 0 Å². The molecule has 4 unspecified atom stereocenters. The summed E-state index contributed by atoms with van der Waals surface area (Å²) in [5, 5.41) is 24.6. The van der Waals surface area contributed by atoms with Gasteiger partial charge in [-0.25, -0.2) is 0 Å². The number of rotatable bonds is 6. The van der Waals surface area contributed by atoms with Crippen LogP contribution in [0.2, 0.25) is 10.0 Å². The maximum absolute atomic E-state index is 12.3. The van der Waals surface area contributed by atoms with Crippen LogP contribution in [0.3, 0.4) is 0 Å². The first-order valence-corrected chi connectivity index (χ1v) is 14.0. The van der Waals surface area contributed by atoms with Crippen LogP contribution in [-0.2, 0) is 0 Å². The van der Waals surface area contributed by atoms with E-state index in [2.05, 4.69) is 0 Å². The Bertz CT molecular complexity index is 1060. The van der Waals surface area contributed by atoms with E-state index in [1.165, 1.54) is 0 Å². The van der Waals surface area contributed by atoms with Crippen molar-refractivity contribution >= 4 is 69.5 Å². The molecule has 0 saturated heterocycles. The summed E-state index contributed by atoms with van der Waals surface area (Å²) >= 11 is 27.1. The van der Waals surface area contributed by atoms with E-state index in [1.807, 2.05) is 0 Å². The first-order chi connectivity index (χ1) is 16.7. The molecule has 4 atom stereocenters. The quantitative estimate of drug-likeness (QED) is 0.194. The van der Waals surface area contributed by atoms with E-state index in [0.717, 1.165) is 50.3 Å². The van der Waals surface area contributed by atoms with Gasteiger partial charge in [-0.15, -0.1) is 23.2 Å². The number of alkyl halides is 2. The maximum Gasteiger partial charge on any atom is 0.288 e. The van der Waals surface area contributed by atoms with Gasteiger partial charge >= 0.3 is 0 Å². The fourth-order valence-electron chi connectivity index (χ4n) is 5.31. The molecule has 6 nitrogen and oxygen atoms in total. The zero-order valence-electron chi connectivity index (χ0n) is 18.7. The lowest BCUT2D eigenvalue weighted by Gasteiger charge is -2.28. The van der Waals surface area contributed by atoms with Crippen LogP contribution in [0.15, 0.2) is 34.1 Å². The summed E-state index contributed by atoms with van der Waals surface area (Å²) in [6, 6.07) is 6.32. The molecule has 0 radical (unpaired) electrons. The van der Waals surface area contributed by atoms with Gasteiger partial charge in [-0.1, -0.05) is 60.6 Å². The fraction of sp³-hybridized carbons (Fsp3) is 0.500. The van der Waals surface area contributed by atoms with Gasteiger partial charge in [0.05, 0.1) is 40.8 Å². The molecular formula is C24H24Cl4N2O4S. The van der Waals surface area contributed by atoms with Gasteiger partial charge in [-0.2, -0.15) is 0 Å². The van der Waals surface area contributed by atoms with Crippen molar-refractivity contribution in [2.75, 3.05) is 0 Å². The van der Waals surface area contributed by atoms with Crippen molar-refractivity contribution < 1.29 is 9.85 Å². The zero-order chi connectivity index (χ0) is 25.3. The molecule has 188 valence electrons. The molecule has 0 heterocycles. The highest BCUT2D eigenvalue weighted by atomic mass is 35.5. The highest BCUT2D eigenvalue weighted by Gasteiger charge is 2.37. The zero-order valence-corrected chi connectivity index (χ0v) is 22.6. The van der Waals surface area contributed by atoms with E-state index in [9.17, 15) is 20.2 Å². The molecule has 2 aliphatic carbocycles. The van der Waals surface area contributed by atoms with E-state index < -0.39 is 9.85 Å². The maximum atomic E-state index is 12.3. The van der Waals surface area contributed by atoms with E-state index in [0.29, 0.717) is 24.0 Å². The fourth-order valence-corrected chi connectivity index (χ4v) is 7.78. The van der Waals surface area contributed by atoms with Gasteiger partial charge < -0.3 is 0 Å². The van der Waals surface area contributed by atoms with Crippen LogP contribution in [0.25, 0.3) is 0 Å². The molecule has 0 bridgehead atoms. The lowest BCUT2D eigenvalue weighted by atomic mass is 9.83. The predicted molar refractivity (Wildman–Crippen MR) is 142 cm³/mol. The van der Waals surface area contributed by atoms with Crippen LogP contribution in [0, 0.1) is 20.2 Å². The molecule has 11 heteroatoms. The van der Waals surface area contributed by atoms with Crippen LogP contribution in [-0.4, -0.2) is 20.6 Å². The van der Waals surface area contributed by atoms with Gasteiger partial charge in [-0.3, -0.25) is 20.2 Å². The van der Waals surface area contributed by atoms with Crippen LogP contribution < -0.4 is 0 Å². The molecule has 2 aliphatic rings. The lowest BCUT2D eigenvalue weighted by Crippen LogP contribution is -2.20.